The van der Waals surface area contributed by atoms with E-state index in [0.29, 0.717) is 29.8 Å². The molecule has 22 heavy (non-hydrogen) atoms. The lowest BCUT2D eigenvalue weighted by Crippen LogP contribution is -2.26. The van der Waals surface area contributed by atoms with Crippen molar-refractivity contribution in [2.75, 3.05) is 0 Å². The number of nitrogens with zero attached hydrogens (tertiary/aromatic N) is 1. The van der Waals surface area contributed by atoms with Crippen molar-refractivity contribution < 1.29 is 19.1 Å². The molecule has 2 heterocycles. The van der Waals surface area contributed by atoms with Crippen molar-refractivity contribution in [3.63, 3.8) is 0 Å². The highest BCUT2D eigenvalue weighted by atomic mass is 16.6. The Morgan fingerprint density at radius 1 is 1.36 bits per heavy atom. The predicted octanol–water partition coefficient (Wildman–Crippen LogP) is 2.85. The van der Waals surface area contributed by atoms with Crippen LogP contribution in [0.4, 0.5) is 0 Å². The normalized spacial score (nSPS) is 17.2. The van der Waals surface area contributed by atoms with Gasteiger partial charge in [0, 0.05) is 0 Å². The molecule has 5 nitrogen and oxygen atoms in total. The third-order valence-corrected chi connectivity index (χ3v) is 3.33. The molecule has 1 aliphatic heterocycles. The maximum atomic E-state index is 12.1. The maximum absolute atomic E-state index is 12.1. The molecule has 0 saturated heterocycles. The van der Waals surface area contributed by atoms with E-state index in [1.165, 1.54) is 0 Å². The summed E-state index contributed by atoms with van der Waals surface area (Å²) in [5.74, 6) is -0.676. The number of fused-ring (bicyclic) bond motifs is 1. The highest BCUT2D eigenvalue weighted by Crippen LogP contribution is 2.26. The number of cyclic esters (lactones) is 1. The van der Waals surface area contributed by atoms with E-state index in [2.05, 4.69) is 4.98 Å². The molecule has 0 spiro atoms. The minimum atomic E-state index is -0.517. The second kappa shape index (κ2) is 5.71. The van der Waals surface area contributed by atoms with E-state index in [-0.39, 0.29) is 18.4 Å². The van der Waals surface area contributed by atoms with Crippen molar-refractivity contribution in [3.8, 4) is 0 Å². The van der Waals surface area contributed by atoms with Gasteiger partial charge < -0.3 is 9.47 Å². The second-order valence-electron chi connectivity index (χ2n) is 7.21. The summed E-state index contributed by atoms with van der Waals surface area (Å²) in [6, 6.07) is 3.37. The number of aromatic nitrogens is 1. The lowest BCUT2D eigenvalue weighted by Gasteiger charge is -2.21. The van der Waals surface area contributed by atoms with E-state index in [4.69, 9.17) is 9.47 Å². The zero-order valence-electron chi connectivity index (χ0n) is 13.9. The molecule has 0 radical (unpaired) electrons. The third kappa shape index (κ3) is 4.29. The topological polar surface area (TPSA) is 65.5 Å². The van der Waals surface area contributed by atoms with Crippen LogP contribution < -0.4 is 0 Å². The number of hydrogen-bond donors (Lipinski definition) is 0. The molecule has 0 aliphatic carbocycles. The summed E-state index contributed by atoms with van der Waals surface area (Å²) >= 11 is 0. The largest absolute Gasteiger partial charge is 0.460 e. The van der Waals surface area contributed by atoms with Gasteiger partial charge in [-0.15, -0.1) is 0 Å². The van der Waals surface area contributed by atoms with Crippen molar-refractivity contribution in [1.29, 1.82) is 0 Å². The van der Waals surface area contributed by atoms with Crippen LogP contribution in [0, 0.1) is 0 Å². The smallest absolute Gasteiger partial charge is 0.340 e. The van der Waals surface area contributed by atoms with Crippen LogP contribution in [0.25, 0.3) is 0 Å². The first kappa shape index (κ1) is 16.5. The van der Waals surface area contributed by atoms with E-state index in [1.54, 1.807) is 12.1 Å². The van der Waals surface area contributed by atoms with Gasteiger partial charge in [0.2, 0.25) is 0 Å². The molecule has 2 rings (SSSR count). The number of carbonyl (C=O) groups is 2. The first-order valence-corrected chi connectivity index (χ1v) is 7.50. The quantitative estimate of drug-likeness (QED) is 0.786. The van der Waals surface area contributed by atoms with E-state index in [9.17, 15) is 9.59 Å². The van der Waals surface area contributed by atoms with Gasteiger partial charge in [-0.25, -0.2) is 4.79 Å². The lowest BCUT2D eigenvalue weighted by atomic mass is 10.0. The number of hydrogen-bond acceptors (Lipinski definition) is 5. The van der Waals surface area contributed by atoms with Crippen molar-refractivity contribution in [2.24, 2.45) is 0 Å². The summed E-state index contributed by atoms with van der Waals surface area (Å²) in [5.41, 5.74) is 0.773. The number of rotatable bonds is 2. The molecule has 120 valence electrons. The van der Waals surface area contributed by atoms with Gasteiger partial charge in [0.1, 0.15) is 11.2 Å². The minimum absolute atomic E-state index is 0.100. The average Bonchev–Trinajstić information content (AvgIpc) is 2.43. The molecular weight excluding hydrogens is 282 g/mol. The molecule has 0 bridgehead atoms. The summed E-state index contributed by atoms with van der Waals surface area (Å²) in [6.07, 6.45) is 1.45. The summed E-state index contributed by atoms with van der Waals surface area (Å²) in [5, 5.41) is 0. The Labute approximate surface area is 131 Å². The molecule has 0 unspecified atom stereocenters. The molecule has 5 heteroatoms. The van der Waals surface area contributed by atoms with Crippen molar-refractivity contribution in [2.45, 2.75) is 65.1 Å². The molecule has 0 N–H and O–H groups in total. The molecule has 1 aromatic rings. The monoisotopic (exact) mass is 305 g/mol. The Hall–Kier alpha value is -1.91. The molecule has 0 atom stereocenters. The van der Waals surface area contributed by atoms with E-state index >= 15 is 0 Å². The zero-order chi connectivity index (χ0) is 16.5. The molecular formula is C17H23NO4. The average molecular weight is 305 g/mol. The zero-order valence-corrected chi connectivity index (χ0v) is 13.9. The maximum Gasteiger partial charge on any atom is 0.340 e. The Morgan fingerprint density at radius 2 is 2.05 bits per heavy atom. The Kier molecular flexibility index (Phi) is 4.27. The van der Waals surface area contributed by atoms with Crippen molar-refractivity contribution in [3.05, 3.63) is 29.1 Å². The standard InChI is InChI=1S/C17H23NO4/c1-16(2,3)21-14(19)10-11-6-7-12-13(18-11)8-9-17(4,5)22-15(12)20/h6-7H,8-10H2,1-5H3. The summed E-state index contributed by atoms with van der Waals surface area (Å²) < 4.78 is 10.7. The number of pyridine rings is 1. The van der Waals surface area contributed by atoms with Gasteiger partial charge >= 0.3 is 11.9 Å². The van der Waals surface area contributed by atoms with Crippen LogP contribution in [0.2, 0.25) is 0 Å². The van der Waals surface area contributed by atoms with Crippen LogP contribution in [-0.2, 0) is 27.1 Å². The molecule has 1 aliphatic rings. The SMILES string of the molecule is CC(C)(C)OC(=O)Cc1ccc2c(n1)CCC(C)(C)OC2=O. The van der Waals surface area contributed by atoms with Crippen LogP contribution in [0.15, 0.2) is 12.1 Å². The van der Waals surface area contributed by atoms with Crippen molar-refractivity contribution in [1.82, 2.24) is 4.98 Å². The minimum Gasteiger partial charge on any atom is -0.460 e. The van der Waals surface area contributed by atoms with Gasteiger partial charge in [-0.2, -0.15) is 0 Å². The van der Waals surface area contributed by atoms with Crippen LogP contribution >= 0.6 is 0 Å². The fourth-order valence-electron chi connectivity index (χ4n) is 2.32. The fourth-order valence-corrected chi connectivity index (χ4v) is 2.32. The van der Waals surface area contributed by atoms with Crippen LogP contribution in [0.1, 0.15) is 62.8 Å². The van der Waals surface area contributed by atoms with Gasteiger partial charge in [0.15, 0.2) is 0 Å². The second-order valence-corrected chi connectivity index (χ2v) is 7.21. The van der Waals surface area contributed by atoms with Crippen LogP contribution in [-0.4, -0.2) is 28.1 Å². The fraction of sp³-hybridized carbons (Fsp3) is 0.588. The molecule has 0 aromatic carbocycles. The van der Waals surface area contributed by atoms with Gasteiger partial charge in [-0.1, -0.05) is 0 Å². The highest BCUT2D eigenvalue weighted by Gasteiger charge is 2.30. The van der Waals surface area contributed by atoms with E-state index in [1.807, 2.05) is 34.6 Å². The van der Waals surface area contributed by atoms with Gasteiger partial charge in [-0.3, -0.25) is 9.78 Å². The third-order valence-electron chi connectivity index (χ3n) is 3.33. The first-order chi connectivity index (χ1) is 10.1. The lowest BCUT2D eigenvalue weighted by molar-refractivity contribution is -0.154. The molecule has 0 saturated carbocycles. The highest BCUT2D eigenvalue weighted by molar-refractivity contribution is 5.91. The Morgan fingerprint density at radius 3 is 2.68 bits per heavy atom. The summed E-state index contributed by atoms with van der Waals surface area (Å²) in [7, 11) is 0. The summed E-state index contributed by atoms with van der Waals surface area (Å²) in [6.45, 7) is 9.26. The van der Waals surface area contributed by atoms with E-state index < -0.39 is 11.2 Å². The number of carbonyl (C=O) groups excluding carboxylic acids is 2. The Balaban J connectivity index is 2.17. The number of aryl methyl sites for hydroxylation is 1. The predicted molar refractivity (Wildman–Crippen MR) is 81.6 cm³/mol. The Bertz CT molecular complexity index is 599. The summed E-state index contributed by atoms with van der Waals surface area (Å²) in [4.78, 5) is 28.4. The first-order valence-electron chi connectivity index (χ1n) is 7.50. The molecule has 0 fully saturated rings. The van der Waals surface area contributed by atoms with Gasteiger partial charge in [-0.05, 0) is 59.6 Å². The van der Waals surface area contributed by atoms with Gasteiger partial charge in [0.25, 0.3) is 0 Å². The van der Waals surface area contributed by atoms with Gasteiger partial charge in [0.05, 0.1) is 23.4 Å². The van der Waals surface area contributed by atoms with Crippen molar-refractivity contribution >= 4 is 11.9 Å². The number of esters is 2. The van der Waals surface area contributed by atoms with Crippen LogP contribution in [0.5, 0.6) is 0 Å². The molecule has 1 aromatic heterocycles. The number of ether oxygens (including phenoxy) is 2. The van der Waals surface area contributed by atoms with Crippen LogP contribution in [0.3, 0.4) is 0 Å². The molecule has 0 amide bonds. The van der Waals surface area contributed by atoms with E-state index in [0.717, 1.165) is 0 Å².